The van der Waals surface area contributed by atoms with Gasteiger partial charge in [0.2, 0.25) is 5.88 Å². The van der Waals surface area contributed by atoms with Crippen LogP contribution in [0.1, 0.15) is 17.5 Å². The van der Waals surface area contributed by atoms with Crippen LogP contribution < -0.4 is 10.3 Å². The zero-order valence-corrected chi connectivity index (χ0v) is 9.27. The molecule has 0 saturated heterocycles. The first-order valence-corrected chi connectivity index (χ1v) is 5.66. The number of aromatic nitrogens is 2. The van der Waals surface area contributed by atoms with Gasteiger partial charge in [0.1, 0.15) is 5.75 Å². The zero-order chi connectivity index (χ0) is 11.7. The van der Waals surface area contributed by atoms with Crippen molar-refractivity contribution in [1.29, 1.82) is 0 Å². The molecule has 1 aliphatic rings. The van der Waals surface area contributed by atoms with Crippen molar-refractivity contribution < 1.29 is 4.74 Å². The Balaban J connectivity index is 1.88. The third-order valence-electron chi connectivity index (χ3n) is 2.95. The van der Waals surface area contributed by atoms with Gasteiger partial charge in [-0.1, -0.05) is 6.07 Å². The number of hydrogen-bond acceptors (Lipinski definition) is 3. The van der Waals surface area contributed by atoms with E-state index in [1.165, 1.54) is 29.9 Å². The summed E-state index contributed by atoms with van der Waals surface area (Å²) in [6.45, 7) is 0. The molecular formula is C13H12N2O2. The van der Waals surface area contributed by atoms with E-state index in [2.05, 4.69) is 16.0 Å². The second-order valence-corrected chi connectivity index (χ2v) is 4.14. The summed E-state index contributed by atoms with van der Waals surface area (Å²) in [5, 5.41) is 0. The molecule has 0 unspecified atom stereocenters. The lowest BCUT2D eigenvalue weighted by Gasteiger charge is -2.06. The first-order valence-electron chi connectivity index (χ1n) is 5.66. The molecule has 0 saturated carbocycles. The molecule has 0 amide bonds. The number of rotatable bonds is 2. The molecule has 17 heavy (non-hydrogen) atoms. The Labute approximate surface area is 98.3 Å². The summed E-state index contributed by atoms with van der Waals surface area (Å²) in [4.78, 5) is 17.5. The van der Waals surface area contributed by atoms with Crippen molar-refractivity contribution in [2.45, 2.75) is 19.3 Å². The van der Waals surface area contributed by atoms with Gasteiger partial charge in [0.25, 0.3) is 5.56 Å². The molecule has 0 radical (unpaired) electrons. The molecule has 86 valence electrons. The van der Waals surface area contributed by atoms with Crippen molar-refractivity contribution in [2.75, 3.05) is 0 Å². The minimum Gasteiger partial charge on any atom is -0.439 e. The maximum absolute atomic E-state index is 11.1. The SMILES string of the molecule is O=c1cc(Oc2ccc3c(c2)CCC3)nc[nH]1. The number of nitrogens with zero attached hydrogens (tertiary/aromatic N) is 1. The van der Waals surface area contributed by atoms with Gasteiger partial charge in [-0.2, -0.15) is 0 Å². The lowest BCUT2D eigenvalue weighted by molar-refractivity contribution is 0.460. The van der Waals surface area contributed by atoms with Crippen LogP contribution in [-0.2, 0) is 12.8 Å². The zero-order valence-electron chi connectivity index (χ0n) is 9.27. The molecule has 0 bridgehead atoms. The lowest BCUT2D eigenvalue weighted by atomic mass is 10.1. The van der Waals surface area contributed by atoms with Gasteiger partial charge in [0, 0.05) is 0 Å². The number of H-pyrrole nitrogens is 1. The Kier molecular flexibility index (Phi) is 2.40. The molecule has 0 atom stereocenters. The molecule has 1 aromatic carbocycles. The molecule has 3 rings (SSSR count). The molecule has 1 N–H and O–H groups in total. The van der Waals surface area contributed by atoms with Gasteiger partial charge in [-0.3, -0.25) is 4.79 Å². The minimum absolute atomic E-state index is 0.212. The van der Waals surface area contributed by atoms with E-state index >= 15 is 0 Å². The predicted octanol–water partition coefficient (Wildman–Crippen LogP) is 2.05. The van der Waals surface area contributed by atoms with Crippen molar-refractivity contribution >= 4 is 0 Å². The molecule has 0 aliphatic heterocycles. The summed E-state index contributed by atoms with van der Waals surface area (Å²) < 4.78 is 5.55. The summed E-state index contributed by atoms with van der Waals surface area (Å²) in [5.41, 5.74) is 2.53. The summed E-state index contributed by atoms with van der Waals surface area (Å²) in [6, 6.07) is 7.39. The highest BCUT2D eigenvalue weighted by molar-refractivity contribution is 5.39. The highest BCUT2D eigenvalue weighted by atomic mass is 16.5. The number of aromatic amines is 1. The topological polar surface area (TPSA) is 55.0 Å². The molecule has 2 aromatic rings. The van der Waals surface area contributed by atoms with Crippen molar-refractivity contribution in [3.05, 3.63) is 52.1 Å². The smallest absolute Gasteiger partial charge is 0.254 e. The molecule has 4 nitrogen and oxygen atoms in total. The van der Waals surface area contributed by atoms with E-state index in [4.69, 9.17) is 4.74 Å². The van der Waals surface area contributed by atoms with Crippen molar-refractivity contribution in [2.24, 2.45) is 0 Å². The first kappa shape index (κ1) is 10.1. The highest BCUT2D eigenvalue weighted by Crippen LogP contribution is 2.27. The number of hydrogen-bond donors (Lipinski definition) is 1. The average molecular weight is 228 g/mol. The Morgan fingerprint density at radius 1 is 1.18 bits per heavy atom. The fourth-order valence-electron chi connectivity index (χ4n) is 2.14. The van der Waals surface area contributed by atoms with Crippen LogP contribution in [0.4, 0.5) is 0 Å². The fourth-order valence-corrected chi connectivity index (χ4v) is 2.14. The predicted molar refractivity (Wildman–Crippen MR) is 63.4 cm³/mol. The molecule has 1 heterocycles. The van der Waals surface area contributed by atoms with E-state index in [9.17, 15) is 4.79 Å². The second kappa shape index (κ2) is 4.05. The largest absolute Gasteiger partial charge is 0.439 e. The Morgan fingerprint density at radius 3 is 2.94 bits per heavy atom. The summed E-state index contributed by atoms with van der Waals surface area (Å²) in [5.74, 6) is 1.07. The highest BCUT2D eigenvalue weighted by Gasteiger charge is 2.11. The number of aryl methyl sites for hydroxylation is 2. The molecule has 1 aromatic heterocycles. The normalized spacial score (nSPS) is 13.4. The van der Waals surface area contributed by atoms with Gasteiger partial charge in [-0.25, -0.2) is 4.98 Å². The van der Waals surface area contributed by atoms with Crippen LogP contribution in [0.2, 0.25) is 0 Å². The standard InChI is InChI=1S/C13H12N2O2/c16-12-7-13(15-8-14-12)17-11-5-4-9-2-1-3-10(9)6-11/h4-8H,1-3H2,(H,14,15,16). The fraction of sp³-hybridized carbons (Fsp3) is 0.231. The average Bonchev–Trinajstić information content (AvgIpc) is 2.76. The lowest BCUT2D eigenvalue weighted by Crippen LogP contribution is -2.04. The van der Waals surface area contributed by atoms with Crippen LogP contribution in [0.5, 0.6) is 11.6 Å². The van der Waals surface area contributed by atoms with Gasteiger partial charge in [0.05, 0.1) is 12.4 Å². The second-order valence-electron chi connectivity index (χ2n) is 4.14. The van der Waals surface area contributed by atoms with Gasteiger partial charge >= 0.3 is 0 Å². The third-order valence-corrected chi connectivity index (χ3v) is 2.95. The van der Waals surface area contributed by atoms with Crippen LogP contribution in [0.15, 0.2) is 35.4 Å². The number of nitrogens with one attached hydrogen (secondary N) is 1. The minimum atomic E-state index is -0.212. The Bertz CT molecular complexity index is 604. The van der Waals surface area contributed by atoms with Gasteiger partial charge < -0.3 is 9.72 Å². The van der Waals surface area contributed by atoms with Crippen LogP contribution in [0.25, 0.3) is 0 Å². The van der Waals surface area contributed by atoms with E-state index in [0.717, 1.165) is 18.6 Å². The van der Waals surface area contributed by atoms with E-state index < -0.39 is 0 Å². The first-order chi connectivity index (χ1) is 8.31. The van der Waals surface area contributed by atoms with E-state index in [1.54, 1.807) is 0 Å². The van der Waals surface area contributed by atoms with Crippen molar-refractivity contribution in [1.82, 2.24) is 9.97 Å². The number of benzene rings is 1. The Hall–Kier alpha value is -2.10. The van der Waals surface area contributed by atoms with Crippen LogP contribution in [-0.4, -0.2) is 9.97 Å². The van der Waals surface area contributed by atoms with E-state index in [0.29, 0.717) is 5.88 Å². The van der Waals surface area contributed by atoms with E-state index in [1.807, 2.05) is 12.1 Å². The van der Waals surface area contributed by atoms with Gasteiger partial charge in [-0.05, 0) is 42.5 Å². The molecule has 0 spiro atoms. The van der Waals surface area contributed by atoms with Crippen LogP contribution >= 0.6 is 0 Å². The van der Waals surface area contributed by atoms with Gasteiger partial charge in [0.15, 0.2) is 0 Å². The summed E-state index contributed by atoms with van der Waals surface area (Å²) in [7, 11) is 0. The van der Waals surface area contributed by atoms with Crippen molar-refractivity contribution in [3.8, 4) is 11.6 Å². The van der Waals surface area contributed by atoms with Crippen LogP contribution in [0, 0.1) is 0 Å². The number of fused-ring (bicyclic) bond motifs is 1. The van der Waals surface area contributed by atoms with Crippen LogP contribution in [0.3, 0.4) is 0 Å². The third kappa shape index (κ3) is 2.06. The maximum Gasteiger partial charge on any atom is 0.254 e. The molecular weight excluding hydrogens is 216 g/mol. The molecule has 0 fully saturated rings. The summed E-state index contributed by atoms with van der Waals surface area (Å²) in [6.07, 6.45) is 4.81. The van der Waals surface area contributed by atoms with Crippen molar-refractivity contribution in [3.63, 3.8) is 0 Å². The van der Waals surface area contributed by atoms with E-state index in [-0.39, 0.29) is 5.56 Å². The monoisotopic (exact) mass is 228 g/mol. The summed E-state index contributed by atoms with van der Waals surface area (Å²) >= 11 is 0. The molecule has 1 aliphatic carbocycles. The Morgan fingerprint density at radius 2 is 2.06 bits per heavy atom. The van der Waals surface area contributed by atoms with Gasteiger partial charge in [-0.15, -0.1) is 0 Å². The maximum atomic E-state index is 11.1. The number of ether oxygens (including phenoxy) is 1. The quantitative estimate of drug-likeness (QED) is 0.855. The molecule has 4 heteroatoms.